The van der Waals surface area contributed by atoms with E-state index in [1.165, 1.54) is 6.08 Å². The first-order chi connectivity index (χ1) is 17.4. The molecule has 1 fully saturated rings. The van der Waals surface area contributed by atoms with E-state index in [4.69, 9.17) is 4.74 Å². The molecule has 1 heterocycles. The van der Waals surface area contributed by atoms with E-state index in [1.807, 2.05) is 43.4 Å². The van der Waals surface area contributed by atoms with Gasteiger partial charge in [0.1, 0.15) is 17.4 Å². The summed E-state index contributed by atoms with van der Waals surface area (Å²) in [6.07, 6.45) is 1.84. The van der Waals surface area contributed by atoms with E-state index in [2.05, 4.69) is 10.2 Å². The Labute approximate surface area is 211 Å². The molecule has 10 heteroatoms. The van der Waals surface area contributed by atoms with Crippen LogP contribution in [-0.2, 0) is 16.0 Å². The van der Waals surface area contributed by atoms with Crippen molar-refractivity contribution in [1.29, 1.82) is 5.26 Å². The molecule has 2 amide bonds. The number of hydrogen-bond acceptors (Lipinski definition) is 7. The molecule has 0 radical (unpaired) electrons. The van der Waals surface area contributed by atoms with Gasteiger partial charge in [-0.1, -0.05) is 42.5 Å². The predicted molar refractivity (Wildman–Crippen MR) is 136 cm³/mol. The van der Waals surface area contributed by atoms with E-state index in [0.29, 0.717) is 24.4 Å². The minimum Gasteiger partial charge on any atom is -0.493 e. The fourth-order valence-corrected chi connectivity index (χ4v) is 3.82. The minimum atomic E-state index is -1.69. The third kappa shape index (κ3) is 8.24. The zero-order valence-electron chi connectivity index (χ0n) is 20.3. The van der Waals surface area contributed by atoms with E-state index in [0.717, 1.165) is 18.7 Å². The Bertz CT molecular complexity index is 1100. The molecule has 1 saturated heterocycles. The van der Waals surface area contributed by atoms with Crippen LogP contribution < -0.4 is 10.1 Å². The number of rotatable bonds is 10. The lowest BCUT2D eigenvalue weighted by atomic mass is 9.76. The molecule has 0 bridgehead atoms. The van der Waals surface area contributed by atoms with Gasteiger partial charge in [-0.15, -0.1) is 0 Å². The second-order valence-corrected chi connectivity index (χ2v) is 8.71. The molecule has 2 aromatic carbocycles. The SMILES string of the molecule is CN1CCN(C(=O)/C(C#N)=C/c2cccc(OCCC(=O)NC(Cc3ccccc3)B(O)O)c2)CC1. The van der Waals surface area contributed by atoms with Gasteiger partial charge >= 0.3 is 7.12 Å². The van der Waals surface area contributed by atoms with Gasteiger partial charge in [0.25, 0.3) is 5.91 Å². The molecular weight excluding hydrogens is 459 g/mol. The van der Waals surface area contributed by atoms with Crippen LogP contribution >= 0.6 is 0 Å². The molecule has 36 heavy (non-hydrogen) atoms. The lowest BCUT2D eigenvalue weighted by Crippen LogP contribution is -2.48. The van der Waals surface area contributed by atoms with Crippen molar-refractivity contribution in [3.05, 3.63) is 71.3 Å². The van der Waals surface area contributed by atoms with Crippen molar-refractivity contribution in [1.82, 2.24) is 15.1 Å². The standard InChI is InChI=1S/C26H31BN4O5/c1-30-11-13-31(14-12-30)26(33)22(19-28)16-21-8-5-9-23(17-21)36-15-10-25(32)29-24(27(34)35)18-20-6-3-2-4-7-20/h2-9,16-17,24,34-35H,10-15,18H2,1H3,(H,29,32)/b22-16+. The number of ether oxygens (including phenoxy) is 1. The summed E-state index contributed by atoms with van der Waals surface area (Å²) >= 11 is 0. The third-order valence-electron chi connectivity index (χ3n) is 5.91. The quantitative estimate of drug-likeness (QED) is 0.256. The monoisotopic (exact) mass is 490 g/mol. The number of nitrogens with zero attached hydrogens (tertiary/aromatic N) is 3. The smallest absolute Gasteiger partial charge is 0.475 e. The van der Waals surface area contributed by atoms with E-state index in [-0.39, 0.29) is 36.8 Å². The van der Waals surface area contributed by atoms with Crippen LogP contribution in [0.2, 0.25) is 0 Å². The van der Waals surface area contributed by atoms with Crippen molar-refractivity contribution in [2.24, 2.45) is 0 Å². The average Bonchev–Trinajstić information content (AvgIpc) is 2.88. The lowest BCUT2D eigenvalue weighted by molar-refractivity contribution is -0.128. The van der Waals surface area contributed by atoms with Gasteiger partial charge in [-0.05, 0) is 42.8 Å². The summed E-state index contributed by atoms with van der Waals surface area (Å²) < 4.78 is 5.68. The Balaban J connectivity index is 1.53. The molecule has 0 aliphatic carbocycles. The second-order valence-electron chi connectivity index (χ2n) is 8.71. The van der Waals surface area contributed by atoms with Gasteiger partial charge in [0.05, 0.1) is 19.0 Å². The Morgan fingerprint density at radius 1 is 1.14 bits per heavy atom. The second kappa shape index (κ2) is 13.4. The molecule has 0 aromatic heterocycles. The van der Waals surface area contributed by atoms with E-state index in [9.17, 15) is 24.9 Å². The summed E-state index contributed by atoms with van der Waals surface area (Å²) in [5.41, 5.74) is 1.57. The van der Waals surface area contributed by atoms with E-state index >= 15 is 0 Å². The fraction of sp³-hybridized carbons (Fsp3) is 0.346. The Morgan fingerprint density at radius 2 is 1.86 bits per heavy atom. The number of nitriles is 1. The lowest BCUT2D eigenvalue weighted by Gasteiger charge is -2.32. The van der Waals surface area contributed by atoms with Crippen LogP contribution in [0, 0.1) is 11.3 Å². The molecule has 3 N–H and O–H groups in total. The summed E-state index contributed by atoms with van der Waals surface area (Å²) in [5.74, 6) is -1.01. The first-order valence-corrected chi connectivity index (χ1v) is 11.9. The summed E-state index contributed by atoms with van der Waals surface area (Å²) in [6, 6.07) is 18.2. The molecule has 9 nitrogen and oxygen atoms in total. The van der Waals surface area contributed by atoms with Crippen LogP contribution in [0.25, 0.3) is 6.08 Å². The van der Waals surface area contributed by atoms with Gasteiger partial charge in [0.2, 0.25) is 5.91 Å². The normalized spacial score (nSPS) is 15.1. The molecule has 1 aliphatic heterocycles. The van der Waals surface area contributed by atoms with Gasteiger partial charge in [0, 0.05) is 26.2 Å². The maximum absolute atomic E-state index is 12.7. The molecular formula is C26H31BN4O5. The highest BCUT2D eigenvalue weighted by Crippen LogP contribution is 2.17. The summed E-state index contributed by atoms with van der Waals surface area (Å²) in [4.78, 5) is 28.9. The van der Waals surface area contributed by atoms with Crippen LogP contribution in [0.3, 0.4) is 0 Å². The number of nitrogens with one attached hydrogen (secondary N) is 1. The molecule has 0 saturated carbocycles. The zero-order chi connectivity index (χ0) is 25.9. The molecule has 1 atom stereocenters. The number of hydrogen-bond donors (Lipinski definition) is 3. The summed E-state index contributed by atoms with van der Waals surface area (Å²) in [5, 5.41) is 31.4. The van der Waals surface area contributed by atoms with Crippen molar-refractivity contribution in [3.63, 3.8) is 0 Å². The molecule has 0 spiro atoms. The van der Waals surface area contributed by atoms with Crippen molar-refractivity contribution >= 4 is 25.0 Å². The van der Waals surface area contributed by atoms with Crippen LogP contribution in [0.15, 0.2) is 60.2 Å². The summed E-state index contributed by atoms with van der Waals surface area (Å²) in [6.45, 7) is 2.78. The van der Waals surface area contributed by atoms with Crippen LogP contribution in [-0.4, -0.2) is 84.6 Å². The molecule has 3 rings (SSSR count). The fourth-order valence-electron chi connectivity index (χ4n) is 3.82. The summed E-state index contributed by atoms with van der Waals surface area (Å²) in [7, 11) is 0.304. The van der Waals surface area contributed by atoms with Crippen molar-refractivity contribution in [2.75, 3.05) is 39.8 Å². The predicted octanol–water partition coefficient (Wildman–Crippen LogP) is 0.876. The van der Waals surface area contributed by atoms with Gasteiger partial charge in [0.15, 0.2) is 0 Å². The van der Waals surface area contributed by atoms with E-state index < -0.39 is 13.1 Å². The first-order valence-electron chi connectivity index (χ1n) is 11.9. The van der Waals surface area contributed by atoms with Crippen molar-refractivity contribution in [2.45, 2.75) is 18.8 Å². The molecule has 1 aliphatic rings. The maximum Gasteiger partial charge on any atom is 0.475 e. The average molecular weight is 490 g/mol. The number of benzene rings is 2. The Morgan fingerprint density at radius 3 is 2.53 bits per heavy atom. The maximum atomic E-state index is 12.7. The number of carbonyl (C=O) groups is 2. The zero-order valence-corrected chi connectivity index (χ0v) is 20.3. The van der Waals surface area contributed by atoms with Crippen LogP contribution in [0.4, 0.5) is 0 Å². The van der Waals surface area contributed by atoms with E-state index in [1.54, 1.807) is 29.2 Å². The number of carbonyl (C=O) groups excluding carboxylic acids is 2. The highest BCUT2D eigenvalue weighted by Gasteiger charge is 2.25. The van der Waals surface area contributed by atoms with Crippen molar-refractivity contribution < 1.29 is 24.4 Å². The Hall–Kier alpha value is -3.65. The third-order valence-corrected chi connectivity index (χ3v) is 5.91. The first kappa shape index (κ1) is 27.0. The number of piperazine rings is 1. The van der Waals surface area contributed by atoms with Gasteiger partial charge in [-0.3, -0.25) is 9.59 Å². The van der Waals surface area contributed by atoms with Crippen molar-refractivity contribution in [3.8, 4) is 11.8 Å². The minimum absolute atomic E-state index is 0.0173. The molecule has 2 aromatic rings. The van der Waals surface area contributed by atoms with Crippen LogP contribution in [0.1, 0.15) is 17.5 Å². The number of likely N-dealkylation sites (N-methyl/N-ethyl adjacent to an activating group) is 1. The van der Waals surface area contributed by atoms with Gasteiger partial charge < -0.3 is 29.9 Å². The Kier molecular flexibility index (Phi) is 10.1. The highest BCUT2D eigenvalue weighted by molar-refractivity contribution is 6.43. The topological polar surface area (TPSA) is 126 Å². The van der Waals surface area contributed by atoms with Gasteiger partial charge in [-0.2, -0.15) is 5.26 Å². The highest BCUT2D eigenvalue weighted by atomic mass is 16.5. The van der Waals surface area contributed by atoms with Crippen LogP contribution in [0.5, 0.6) is 5.75 Å². The molecule has 1 unspecified atom stereocenters. The van der Waals surface area contributed by atoms with Gasteiger partial charge in [-0.25, -0.2) is 0 Å². The molecule has 188 valence electrons. The largest absolute Gasteiger partial charge is 0.493 e. The number of amides is 2.